The Morgan fingerprint density at radius 2 is 1.81 bits per heavy atom. The fraction of sp³-hybridized carbons (Fsp3) is 0.600. The molecule has 0 bridgehead atoms. The smallest absolute Gasteiger partial charge is 0.123 e. The maximum atomic E-state index is 5.92. The summed E-state index contributed by atoms with van der Waals surface area (Å²) >= 11 is 0. The zero-order valence-corrected chi connectivity index (χ0v) is 11.2. The van der Waals surface area contributed by atoms with Gasteiger partial charge in [0.05, 0.1) is 6.61 Å². The van der Waals surface area contributed by atoms with Crippen LogP contribution in [-0.2, 0) is 5.41 Å². The van der Waals surface area contributed by atoms with Gasteiger partial charge >= 0.3 is 0 Å². The number of hydrogen-bond acceptors (Lipinski definition) is 1. The van der Waals surface area contributed by atoms with E-state index in [2.05, 4.69) is 52.8 Å². The first-order valence-corrected chi connectivity index (χ1v) is 6.17. The first-order valence-electron chi connectivity index (χ1n) is 6.17. The van der Waals surface area contributed by atoms with Crippen molar-refractivity contribution >= 4 is 0 Å². The van der Waals surface area contributed by atoms with Crippen LogP contribution in [0.5, 0.6) is 5.75 Å². The summed E-state index contributed by atoms with van der Waals surface area (Å²) in [6, 6.07) is 8.35. The quantitative estimate of drug-likeness (QED) is 0.730. The molecule has 0 radical (unpaired) electrons. The molecule has 1 aromatic carbocycles. The summed E-state index contributed by atoms with van der Waals surface area (Å²) in [5, 5.41) is 0. The SMILES string of the molecule is CCC(C)COc1ccccc1C(C)(C)C. The summed E-state index contributed by atoms with van der Waals surface area (Å²) in [4.78, 5) is 0. The Morgan fingerprint density at radius 3 is 2.38 bits per heavy atom. The molecule has 0 heterocycles. The van der Waals surface area contributed by atoms with E-state index in [1.54, 1.807) is 0 Å². The minimum Gasteiger partial charge on any atom is -0.493 e. The predicted octanol–water partition coefficient (Wildman–Crippen LogP) is 4.41. The van der Waals surface area contributed by atoms with Crippen LogP contribution >= 0.6 is 0 Å². The molecule has 0 saturated carbocycles. The first kappa shape index (κ1) is 13.1. The second-order valence-electron chi connectivity index (χ2n) is 5.57. The van der Waals surface area contributed by atoms with E-state index < -0.39 is 0 Å². The number of hydrogen-bond donors (Lipinski definition) is 0. The summed E-state index contributed by atoms with van der Waals surface area (Å²) < 4.78 is 5.92. The van der Waals surface area contributed by atoms with E-state index in [0.29, 0.717) is 5.92 Å². The lowest BCUT2D eigenvalue weighted by molar-refractivity contribution is 0.251. The minimum absolute atomic E-state index is 0.145. The lowest BCUT2D eigenvalue weighted by atomic mass is 9.86. The van der Waals surface area contributed by atoms with E-state index in [-0.39, 0.29) is 5.41 Å². The molecule has 0 aliphatic rings. The van der Waals surface area contributed by atoms with Crippen molar-refractivity contribution in [2.45, 2.75) is 46.5 Å². The van der Waals surface area contributed by atoms with Crippen LogP contribution in [0.15, 0.2) is 24.3 Å². The van der Waals surface area contributed by atoms with E-state index in [1.807, 2.05) is 6.07 Å². The highest BCUT2D eigenvalue weighted by Crippen LogP contribution is 2.31. The van der Waals surface area contributed by atoms with E-state index in [0.717, 1.165) is 18.8 Å². The van der Waals surface area contributed by atoms with Crippen LogP contribution in [0.1, 0.15) is 46.6 Å². The highest BCUT2D eigenvalue weighted by Gasteiger charge is 2.18. The van der Waals surface area contributed by atoms with Gasteiger partial charge in [0.2, 0.25) is 0 Å². The van der Waals surface area contributed by atoms with Crippen molar-refractivity contribution in [2.24, 2.45) is 5.92 Å². The van der Waals surface area contributed by atoms with Gasteiger partial charge in [0.1, 0.15) is 5.75 Å². The van der Waals surface area contributed by atoms with E-state index in [9.17, 15) is 0 Å². The molecule has 0 saturated heterocycles. The second-order valence-corrected chi connectivity index (χ2v) is 5.57. The highest BCUT2D eigenvalue weighted by molar-refractivity contribution is 5.38. The third kappa shape index (κ3) is 3.55. The lowest BCUT2D eigenvalue weighted by Crippen LogP contribution is -2.15. The highest BCUT2D eigenvalue weighted by atomic mass is 16.5. The zero-order valence-electron chi connectivity index (χ0n) is 11.2. The van der Waals surface area contributed by atoms with Crippen molar-refractivity contribution < 1.29 is 4.74 Å². The van der Waals surface area contributed by atoms with Gasteiger partial charge in [-0.2, -0.15) is 0 Å². The third-order valence-corrected chi connectivity index (χ3v) is 2.92. The van der Waals surface area contributed by atoms with Crippen LogP contribution in [0, 0.1) is 5.92 Å². The third-order valence-electron chi connectivity index (χ3n) is 2.92. The topological polar surface area (TPSA) is 9.23 Å². The van der Waals surface area contributed by atoms with E-state index >= 15 is 0 Å². The van der Waals surface area contributed by atoms with Crippen LogP contribution in [0.4, 0.5) is 0 Å². The van der Waals surface area contributed by atoms with Crippen molar-refractivity contribution in [3.63, 3.8) is 0 Å². The largest absolute Gasteiger partial charge is 0.493 e. The molecule has 1 aromatic rings. The molecule has 16 heavy (non-hydrogen) atoms. The van der Waals surface area contributed by atoms with Gasteiger partial charge in [0.25, 0.3) is 0 Å². The van der Waals surface area contributed by atoms with Crippen LogP contribution in [0.3, 0.4) is 0 Å². The molecule has 0 aliphatic heterocycles. The van der Waals surface area contributed by atoms with Gasteiger partial charge in [-0.3, -0.25) is 0 Å². The van der Waals surface area contributed by atoms with Gasteiger partial charge in [-0.25, -0.2) is 0 Å². The Balaban J connectivity index is 2.80. The Labute approximate surface area is 99.8 Å². The molecule has 0 amide bonds. The average molecular weight is 220 g/mol. The molecule has 1 nitrogen and oxygen atoms in total. The molecule has 0 N–H and O–H groups in total. The summed E-state index contributed by atoms with van der Waals surface area (Å²) in [6.07, 6.45) is 1.16. The van der Waals surface area contributed by atoms with Gasteiger partial charge < -0.3 is 4.74 Å². The van der Waals surface area contributed by atoms with Crippen LogP contribution in [0.25, 0.3) is 0 Å². The van der Waals surface area contributed by atoms with Crippen LogP contribution in [0.2, 0.25) is 0 Å². The van der Waals surface area contributed by atoms with Crippen molar-refractivity contribution in [1.29, 1.82) is 0 Å². The molecule has 1 atom stereocenters. The van der Waals surface area contributed by atoms with Crippen molar-refractivity contribution in [3.8, 4) is 5.75 Å². The second kappa shape index (κ2) is 5.38. The number of benzene rings is 1. The Kier molecular flexibility index (Phi) is 4.40. The molecule has 0 aliphatic carbocycles. The summed E-state index contributed by atoms with van der Waals surface area (Å²) in [5.41, 5.74) is 1.43. The van der Waals surface area contributed by atoms with Gasteiger partial charge in [0.15, 0.2) is 0 Å². The van der Waals surface area contributed by atoms with Crippen molar-refractivity contribution in [1.82, 2.24) is 0 Å². The van der Waals surface area contributed by atoms with Crippen LogP contribution < -0.4 is 4.74 Å². The zero-order chi connectivity index (χ0) is 12.2. The molecule has 1 heteroatoms. The number of para-hydroxylation sites is 1. The van der Waals surface area contributed by atoms with Crippen molar-refractivity contribution in [3.05, 3.63) is 29.8 Å². The van der Waals surface area contributed by atoms with Crippen LogP contribution in [-0.4, -0.2) is 6.61 Å². The fourth-order valence-corrected chi connectivity index (χ4v) is 1.56. The van der Waals surface area contributed by atoms with Crippen molar-refractivity contribution in [2.75, 3.05) is 6.61 Å². The lowest BCUT2D eigenvalue weighted by Gasteiger charge is -2.23. The summed E-state index contributed by atoms with van der Waals surface area (Å²) in [5.74, 6) is 1.66. The molecule has 1 rings (SSSR count). The summed E-state index contributed by atoms with van der Waals surface area (Å²) in [7, 11) is 0. The number of rotatable bonds is 4. The number of ether oxygens (including phenoxy) is 1. The fourth-order valence-electron chi connectivity index (χ4n) is 1.56. The molecule has 0 aromatic heterocycles. The maximum Gasteiger partial charge on any atom is 0.123 e. The van der Waals surface area contributed by atoms with E-state index in [4.69, 9.17) is 4.74 Å². The first-order chi connectivity index (χ1) is 7.45. The summed E-state index contributed by atoms with van der Waals surface area (Å²) in [6.45, 7) is 11.9. The Bertz CT molecular complexity index is 322. The molecule has 90 valence electrons. The minimum atomic E-state index is 0.145. The van der Waals surface area contributed by atoms with Gasteiger partial charge in [-0.15, -0.1) is 0 Å². The van der Waals surface area contributed by atoms with Gasteiger partial charge in [0, 0.05) is 0 Å². The normalized spacial score (nSPS) is 13.6. The Morgan fingerprint density at radius 1 is 1.19 bits per heavy atom. The molecule has 1 unspecified atom stereocenters. The molecule has 0 fully saturated rings. The molecule has 0 spiro atoms. The molecular formula is C15H24O. The standard InChI is InChI=1S/C15H24O/c1-6-12(2)11-16-14-10-8-7-9-13(14)15(3,4)5/h7-10,12H,6,11H2,1-5H3. The average Bonchev–Trinajstić information content (AvgIpc) is 2.25. The monoisotopic (exact) mass is 220 g/mol. The Hall–Kier alpha value is -0.980. The van der Waals surface area contributed by atoms with E-state index in [1.165, 1.54) is 5.56 Å². The molecular weight excluding hydrogens is 196 g/mol. The predicted molar refractivity (Wildman–Crippen MR) is 70.1 cm³/mol. The van der Waals surface area contributed by atoms with Gasteiger partial charge in [-0.1, -0.05) is 59.2 Å². The van der Waals surface area contributed by atoms with Gasteiger partial charge in [-0.05, 0) is 23.0 Å². The maximum absolute atomic E-state index is 5.92.